The smallest absolute Gasteiger partial charge is 0.408 e. The molecule has 1 aromatic rings. The van der Waals surface area contributed by atoms with E-state index < -0.39 is 17.4 Å². The van der Waals surface area contributed by atoms with E-state index in [9.17, 15) is 9.59 Å². The SMILES string of the molecule is COC(=O)CC[C@]1(NC(=O)OCc2ccccc2)CCCC12OCCO2. The largest absolute Gasteiger partial charge is 0.469 e. The maximum atomic E-state index is 12.5. The first-order valence-corrected chi connectivity index (χ1v) is 8.93. The number of esters is 1. The molecule has 7 nitrogen and oxygen atoms in total. The highest BCUT2D eigenvalue weighted by atomic mass is 16.7. The normalized spacial score (nSPS) is 23.7. The van der Waals surface area contributed by atoms with E-state index in [4.69, 9.17) is 18.9 Å². The summed E-state index contributed by atoms with van der Waals surface area (Å²) < 4.78 is 21.9. The Kier molecular flexibility index (Phi) is 5.78. The molecule has 1 aromatic carbocycles. The van der Waals surface area contributed by atoms with Crippen LogP contribution in [0.3, 0.4) is 0 Å². The van der Waals surface area contributed by atoms with Gasteiger partial charge in [0.1, 0.15) is 6.61 Å². The third-order valence-corrected chi connectivity index (χ3v) is 5.13. The molecule has 1 saturated heterocycles. The second kappa shape index (κ2) is 8.05. The molecule has 7 heteroatoms. The molecular weight excluding hydrogens is 338 g/mol. The van der Waals surface area contributed by atoms with Crippen molar-refractivity contribution in [3.63, 3.8) is 0 Å². The Bertz CT molecular complexity index is 623. The summed E-state index contributed by atoms with van der Waals surface area (Å²) in [6.45, 7) is 1.12. The van der Waals surface area contributed by atoms with Gasteiger partial charge in [0.2, 0.25) is 0 Å². The van der Waals surface area contributed by atoms with E-state index in [2.05, 4.69) is 5.32 Å². The number of carbonyl (C=O) groups excluding carboxylic acids is 2. The highest BCUT2D eigenvalue weighted by molar-refractivity contribution is 5.71. The quantitative estimate of drug-likeness (QED) is 0.782. The topological polar surface area (TPSA) is 83.1 Å². The Hall–Kier alpha value is -2.12. The van der Waals surface area contributed by atoms with Crippen molar-refractivity contribution in [1.82, 2.24) is 5.32 Å². The van der Waals surface area contributed by atoms with Gasteiger partial charge in [-0.2, -0.15) is 0 Å². The van der Waals surface area contributed by atoms with Crippen molar-refractivity contribution in [3.8, 4) is 0 Å². The summed E-state index contributed by atoms with van der Waals surface area (Å²) >= 11 is 0. The molecule has 2 aliphatic rings. The van der Waals surface area contributed by atoms with Crippen molar-refractivity contribution in [2.45, 2.75) is 50.0 Å². The Balaban J connectivity index is 1.69. The van der Waals surface area contributed by atoms with Crippen LogP contribution >= 0.6 is 0 Å². The van der Waals surface area contributed by atoms with Crippen LogP contribution in [0.1, 0.15) is 37.7 Å². The third kappa shape index (κ3) is 3.83. The van der Waals surface area contributed by atoms with Gasteiger partial charge >= 0.3 is 12.1 Å². The van der Waals surface area contributed by atoms with E-state index in [-0.39, 0.29) is 19.0 Å². The van der Waals surface area contributed by atoms with Crippen molar-refractivity contribution in [1.29, 1.82) is 0 Å². The Morgan fingerprint density at radius 2 is 1.88 bits per heavy atom. The van der Waals surface area contributed by atoms with Gasteiger partial charge in [0.05, 0.1) is 25.9 Å². The van der Waals surface area contributed by atoms with Crippen LogP contribution in [0.4, 0.5) is 4.79 Å². The van der Waals surface area contributed by atoms with E-state index in [1.807, 2.05) is 30.3 Å². The fourth-order valence-corrected chi connectivity index (χ4v) is 3.84. The Morgan fingerprint density at radius 3 is 2.58 bits per heavy atom. The first kappa shape index (κ1) is 18.7. The number of alkyl carbamates (subject to hydrolysis) is 1. The molecular formula is C19H25NO6. The van der Waals surface area contributed by atoms with Crippen LogP contribution in [0.25, 0.3) is 0 Å². The maximum absolute atomic E-state index is 12.5. The standard InChI is InChI=1S/C19H25NO6/c1-23-16(21)8-11-18(9-5-10-19(18)25-12-13-26-19)20-17(22)24-14-15-6-3-2-4-7-15/h2-4,6-7H,5,8-14H2,1H3,(H,20,22)/t18-/m1/s1. The zero-order valence-electron chi connectivity index (χ0n) is 15.0. The molecule has 26 heavy (non-hydrogen) atoms. The molecule has 0 radical (unpaired) electrons. The Labute approximate surface area is 152 Å². The summed E-state index contributed by atoms with van der Waals surface area (Å²) in [6, 6.07) is 9.46. The molecule has 1 heterocycles. The van der Waals surface area contributed by atoms with E-state index in [1.165, 1.54) is 7.11 Å². The molecule has 0 aromatic heterocycles. The molecule has 1 spiro atoms. The first-order valence-electron chi connectivity index (χ1n) is 8.93. The molecule has 3 rings (SSSR count). The van der Waals surface area contributed by atoms with Gasteiger partial charge in [-0.25, -0.2) is 4.79 Å². The maximum Gasteiger partial charge on any atom is 0.408 e. The fourth-order valence-electron chi connectivity index (χ4n) is 3.84. The lowest BCUT2D eigenvalue weighted by Crippen LogP contribution is -2.62. The van der Waals surface area contributed by atoms with Crippen LogP contribution in [0.5, 0.6) is 0 Å². The fraction of sp³-hybridized carbons (Fsp3) is 0.579. The van der Waals surface area contributed by atoms with Crippen LogP contribution in [0, 0.1) is 0 Å². The predicted octanol–water partition coefficient (Wildman–Crippen LogP) is 2.53. The minimum absolute atomic E-state index is 0.171. The predicted molar refractivity (Wildman–Crippen MR) is 92.2 cm³/mol. The van der Waals surface area contributed by atoms with Crippen LogP contribution in [0.15, 0.2) is 30.3 Å². The number of hydrogen-bond donors (Lipinski definition) is 1. The first-order chi connectivity index (χ1) is 12.6. The third-order valence-electron chi connectivity index (χ3n) is 5.13. The number of carbonyl (C=O) groups is 2. The van der Waals surface area contributed by atoms with Crippen molar-refractivity contribution in [2.24, 2.45) is 0 Å². The van der Waals surface area contributed by atoms with E-state index >= 15 is 0 Å². The zero-order valence-corrected chi connectivity index (χ0v) is 15.0. The number of amides is 1. The molecule has 2 fully saturated rings. The summed E-state index contributed by atoms with van der Waals surface area (Å²) in [6.07, 6.45) is 2.17. The van der Waals surface area contributed by atoms with Crippen LogP contribution < -0.4 is 5.32 Å². The van der Waals surface area contributed by atoms with E-state index in [0.717, 1.165) is 12.0 Å². The Morgan fingerprint density at radius 1 is 1.15 bits per heavy atom. The molecule has 0 unspecified atom stereocenters. The number of benzene rings is 1. The summed E-state index contributed by atoms with van der Waals surface area (Å²) in [5.74, 6) is -1.23. The molecule has 1 amide bonds. The van der Waals surface area contributed by atoms with Gasteiger partial charge in [0.15, 0.2) is 5.79 Å². The lowest BCUT2D eigenvalue weighted by molar-refractivity contribution is -0.199. The monoisotopic (exact) mass is 363 g/mol. The van der Waals surface area contributed by atoms with Crippen molar-refractivity contribution < 1.29 is 28.5 Å². The molecule has 1 N–H and O–H groups in total. The van der Waals surface area contributed by atoms with Gasteiger partial charge in [0.25, 0.3) is 0 Å². The second-order valence-corrected chi connectivity index (χ2v) is 6.65. The average molecular weight is 363 g/mol. The minimum Gasteiger partial charge on any atom is -0.469 e. The summed E-state index contributed by atoms with van der Waals surface area (Å²) in [4.78, 5) is 24.1. The molecule has 1 atom stereocenters. The number of rotatable bonds is 6. The molecule has 1 saturated carbocycles. The zero-order chi connectivity index (χ0) is 18.5. The van der Waals surface area contributed by atoms with Crippen LogP contribution in [-0.4, -0.2) is 43.7 Å². The van der Waals surface area contributed by atoms with Gasteiger partial charge in [-0.05, 0) is 24.8 Å². The van der Waals surface area contributed by atoms with Crippen molar-refractivity contribution >= 4 is 12.1 Å². The highest BCUT2D eigenvalue weighted by Crippen LogP contribution is 2.47. The van der Waals surface area contributed by atoms with E-state index in [1.54, 1.807) is 0 Å². The summed E-state index contributed by atoms with van der Waals surface area (Å²) in [5.41, 5.74) is 0.103. The van der Waals surface area contributed by atoms with Crippen molar-refractivity contribution in [2.75, 3.05) is 20.3 Å². The van der Waals surface area contributed by atoms with Gasteiger partial charge < -0.3 is 24.3 Å². The van der Waals surface area contributed by atoms with Crippen LogP contribution in [-0.2, 0) is 30.3 Å². The molecule has 142 valence electrons. The minimum atomic E-state index is -0.896. The van der Waals surface area contributed by atoms with E-state index in [0.29, 0.717) is 32.5 Å². The number of methoxy groups -OCH3 is 1. The highest BCUT2D eigenvalue weighted by Gasteiger charge is 2.60. The molecule has 1 aliphatic heterocycles. The average Bonchev–Trinajstić information content (AvgIpc) is 3.28. The number of nitrogens with one attached hydrogen (secondary N) is 1. The number of ether oxygens (including phenoxy) is 4. The molecule has 0 bridgehead atoms. The lowest BCUT2D eigenvalue weighted by Gasteiger charge is -2.41. The second-order valence-electron chi connectivity index (χ2n) is 6.65. The van der Waals surface area contributed by atoms with Crippen molar-refractivity contribution in [3.05, 3.63) is 35.9 Å². The van der Waals surface area contributed by atoms with Gasteiger partial charge in [-0.15, -0.1) is 0 Å². The summed E-state index contributed by atoms with van der Waals surface area (Å²) in [7, 11) is 1.35. The van der Waals surface area contributed by atoms with Gasteiger partial charge in [0, 0.05) is 12.8 Å². The summed E-state index contributed by atoms with van der Waals surface area (Å²) in [5, 5.41) is 2.96. The van der Waals surface area contributed by atoms with Crippen LogP contribution in [0.2, 0.25) is 0 Å². The lowest BCUT2D eigenvalue weighted by atomic mass is 9.86. The van der Waals surface area contributed by atoms with Gasteiger partial charge in [-0.1, -0.05) is 30.3 Å². The molecule has 1 aliphatic carbocycles. The number of hydrogen-bond acceptors (Lipinski definition) is 6. The van der Waals surface area contributed by atoms with Gasteiger partial charge in [-0.3, -0.25) is 4.79 Å².